The molecule has 3 aliphatic rings. The molecule has 9 nitrogen and oxygen atoms in total. The van der Waals surface area contributed by atoms with Crippen molar-refractivity contribution >= 4 is 11.8 Å². The molecular formula is C23H39N5O4. The zero-order valence-electron chi connectivity index (χ0n) is 19.3. The summed E-state index contributed by atoms with van der Waals surface area (Å²) in [6.45, 7) is 6.11. The minimum atomic E-state index is -0.370. The van der Waals surface area contributed by atoms with E-state index in [0.717, 1.165) is 31.5 Å². The average molecular weight is 450 g/mol. The molecule has 0 aromatic carbocycles. The topological polar surface area (TPSA) is 113 Å². The van der Waals surface area contributed by atoms with Crippen molar-refractivity contribution in [1.82, 2.24) is 26.7 Å². The number of ether oxygens (including phenoxy) is 1. The van der Waals surface area contributed by atoms with Crippen LogP contribution < -0.4 is 26.7 Å². The highest BCUT2D eigenvalue weighted by Gasteiger charge is 2.26. The van der Waals surface area contributed by atoms with E-state index in [1.165, 1.54) is 31.8 Å². The van der Waals surface area contributed by atoms with E-state index in [-0.39, 0.29) is 36.2 Å². The van der Waals surface area contributed by atoms with Gasteiger partial charge >= 0.3 is 0 Å². The third-order valence-electron chi connectivity index (χ3n) is 6.16. The normalized spacial score (nSPS) is 25.2. The first-order valence-corrected chi connectivity index (χ1v) is 12.0. The third kappa shape index (κ3) is 8.11. The summed E-state index contributed by atoms with van der Waals surface area (Å²) in [5, 5.41) is 13.1. The van der Waals surface area contributed by atoms with Crippen LogP contribution in [0.5, 0.6) is 0 Å². The molecule has 2 aliphatic heterocycles. The van der Waals surface area contributed by atoms with Gasteiger partial charge in [-0.1, -0.05) is 26.7 Å². The minimum Gasteiger partial charge on any atom is -0.380 e. The molecule has 0 radical (unpaired) electrons. The largest absolute Gasteiger partial charge is 0.380 e. The van der Waals surface area contributed by atoms with Gasteiger partial charge in [0, 0.05) is 38.4 Å². The fourth-order valence-corrected chi connectivity index (χ4v) is 4.22. The molecule has 3 atom stereocenters. The van der Waals surface area contributed by atoms with Gasteiger partial charge in [-0.3, -0.25) is 14.9 Å². The van der Waals surface area contributed by atoms with Crippen LogP contribution in [0, 0.1) is 11.8 Å². The monoisotopic (exact) mass is 449 g/mol. The fraction of sp³-hybridized carbons (Fsp3) is 0.739. The lowest BCUT2D eigenvalue weighted by Crippen LogP contribution is -2.59. The Hall–Kier alpha value is -2.10. The van der Waals surface area contributed by atoms with Gasteiger partial charge in [0.25, 0.3) is 5.91 Å². The molecule has 0 aromatic rings. The van der Waals surface area contributed by atoms with Gasteiger partial charge in [0.05, 0.1) is 17.9 Å². The standard InChI is InChI=1S/C23H39N5O4/c1-16(2)22(23(30)26-13-17-7-3-4-8-17)27-19-15-24-18(14-25-19)10-11-20(29)28-32-21-9-5-6-12-31-21/h10-11,14,16-17,19,21-22,24-25,27H,3-9,12-13,15H2,1-2H3,(H,26,30)(H,28,29)/b11-10+. The number of hydroxylamine groups is 1. The van der Waals surface area contributed by atoms with E-state index in [9.17, 15) is 9.59 Å². The number of nitrogens with one attached hydrogen (secondary N) is 5. The van der Waals surface area contributed by atoms with Gasteiger partial charge in [-0.15, -0.1) is 0 Å². The molecule has 32 heavy (non-hydrogen) atoms. The van der Waals surface area contributed by atoms with Crippen LogP contribution in [-0.4, -0.2) is 50.0 Å². The van der Waals surface area contributed by atoms with Gasteiger partial charge in [0.2, 0.25) is 5.91 Å². The zero-order valence-corrected chi connectivity index (χ0v) is 19.3. The molecule has 2 fully saturated rings. The number of allylic oxidation sites excluding steroid dienone is 1. The van der Waals surface area contributed by atoms with Gasteiger partial charge in [-0.05, 0) is 43.6 Å². The first-order valence-electron chi connectivity index (χ1n) is 12.0. The second-order valence-corrected chi connectivity index (χ2v) is 9.20. The van der Waals surface area contributed by atoms with Crippen LogP contribution in [-0.2, 0) is 19.2 Å². The number of hydrogen-bond acceptors (Lipinski definition) is 7. The Balaban J connectivity index is 1.39. The molecule has 180 valence electrons. The maximum atomic E-state index is 12.7. The molecule has 2 amide bonds. The Morgan fingerprint density at radius 1 is 1.22 bits per heavy atom. The van der Waals surface area contributed by atoms with Crippen molar-refractivity contribution in [3.05, 3.63) is 24.0 Å². The van der Waals surface area contributed by atoms with Crippen molar-refractivity contribution in [2.45, 2.75) is 77.3 Å². The van der Waals surface area contributed by atoms with Crippen molar-refractivity contribution in [1.29, 1.82) is 0 Å². The molecule has 1 saturated carbocycles. The van der Waals surface area contributed by atoms with Gasteiger partial charge in [0.15, 0.2) is 6.29 Å². The van der Waals surface area contributed by atoms with Crippen molar-refractivity contribution in [2.24, 2.45) is 11.8 Å². The second-order valence-electron chi connectivity index (χ2n) is 9.20. The van der Waals surface area contributed by atoms with E-state index in [1.54, 1.807) is 12.3 Å². The lowest BCUT2D eigenvalue weighted by Gasteiger charge is -2.31. The molecule has 3 rings (SSSR count). The number of rotatable bonds is 10. The molecule has 0 aromatic heterocycles. The van der Waals surface area contributed by atoms with Crippen LogP contribution in [0.4, 0.5) is 0 Å². The summed E-state index contributed by atoms with van der Waals surface area (Å²) in [5.74, 6) is 0.502. The van der Waals surface area contributed by atoms with Crippen LogP contribution in [0.1, 0.15) is 58.8 Å². The minimum absolute atomic E-state index is 0.0574. The summed E-state index contributed by atoms with van der Waals surface area (Å²) in [5.41, 5.74) is 3.18. The highest BCUT2D eigenvalue weighted by molar-refractivity contribution is 5.87. The molecule has 3 unspecified atom stereocenters. The van der Waals surface area contributed by atoms with E-state index < -0.39 is 0 Å². The lowest BCUT2D eigenvalue weighted by molar-refractivity contribution is -0.198. The zero-order chi connectivity index (χ0) is 22.8. The number of carbonyl (C=O) groups excluding carboxylic acids is 2. The molecule has 2 heterocycles. The van der Waals surface area contributed by atoms with Gasteiger partial charge in [0.1, 0.15) is 0 Å². The van der Waals surface area contributed by atoms with Crippen molar-refractivity contribution < 1.29 is 19.2 Å². The van der Waals surface area contributed by atoms with Gasteiger partial charge < -0.3 is 20.7 Å². The number of carbonyl (C=O) groups is 2. The fourth-order valence-electron chi connectivity index (χ4n) is 4.22. The van der Waals surface area contributed by atoms with Crippen LogP contribution >= 0.6 is 0 Å². The maximum absolute atomic E-state index is 12.7. The summed E-state index contributed by atoms with van der Waals surface area (Å²) in [7, 11) is 0. The highest BCUT2D eigenvalue weighted by Crippen LogP contribution is 2.23. The Kier molecular flexibility index (Phi) is 9.83. The van der Waals surface area contributed by atoms with Crippen molar-refractivity contribution in [2.75, 3.05) is 19.7 Å². The van der Waals surface area contributed by atoms with Crippen molar-refractivity contribution in [3.63, 3.8) is 0 Å². The molecule has 9 heteroatoms. The highest BCUT2D eigenvalue weighted by atomic mass is 16.8. The van der Waals surface area contributed by atoms with Crippen molar-refractivity contribution in [3.8, 4) is 0 Å². The van der Waals surface area contributed by atoms with Crippen LogP contribution in [0.3, 0.4) is 0 Å². The summed E-state index contributed by atoms with van der Waals surface area (Å²) >= 11 is 0. The Morgan fingerprint density at radius 2 is 2.00 bits per heavy atom. The van der Waals surface area contributed by atoms with E-state index in [2.05, 4.69) is 26.7 Å². The Bertz CT molecular complexity index is 669. The summed E-state index contributed by atoms with van der Waals surface area (Å²) in [4.78, 5) is 29.9. The molecular weight excluding hydrogens is 410 g/mol. The van der Waals surface area contributed by atoms with Gasteiger partial charge in [-0.2, -0.15) is 0 Å². The molecule has 1 aliphatic carbocycles. The first-order chi connectivity index (χ1) is 15.5. The smallest absolute Gasteiger partial charge is 0.267 e. The summed E-state index contributed by atoms with van der Waals surface area (Å²) in [6.07, 6.45) is 12.3. The molecule has 0 spiro atoms. The second kappa shape index (κ2) is 12.8. The number of amides is 2. The summed E-state index contributed by atoms with van der Waals surface area (Å²) < 4.78 is 5.41. The average Bonchev–Trinajstić information content (AvgIpc) is 3.33. The number of hydrogen-bond donors (Lipinski definition) is 5. The predicted octanol–water partition coefficient (Wildman–Crippen LogP) is 1.40. The Labute approximate surface area is 191 Å². The quantitative estimate of drug-likeness (QED) is 0.253. The van der Waals surface area contributed by atoms with E-state index in [0.29, 0.717) is 19.1 Å². The van der Waals surface area contributed by atoms with Crippen LogP contribution in [0.25, 0.3) is 0 Å². The van der Waals surface area contributed by atoms with Gasteiger partial charge in [-0.25, -0.2) is 10.3 Å². The predicted molar refractivity (Wildman–Crippen MR) is 122 cm³/mol. The van der Waals surface area contributed by atoms with E-state index >= 15 is 0 Å². The Morgan fingerprint density at radius 3 is 2.66 bits per heavy atom. The molecule has 5 N–H and O–H groups in total. The first kappa shape index (κ1) is 24.5. The SMILES string of the molecule is CC(C)C(NC1CNC(/C=C/C(=O)NOC2CCCCO2)=CN1)C(=O)NCC1CCCC1. The lowest BCUT2D eigenvalue weighted by atomic mass is 10.0. The summed E-state index contributed by atoms with van der Waals surface area (Å²) in [6, 6.07) is -0.272. The molecule has 1 saturated heterocycles. The maximum Gasteiger partial charge on any atom is 0.267 e. The van der Waals surface area contributed by atoms with Crippen LogP contribution in [0.15, 0.2) is 24.0 Å². The van der Waals surface area contributed by atoms with E-state index in [4.69, 9.17) is 9.57 Å². The third-order valence-corrected chi connectivity index (χ3v) is 6.16. The van der Waals surface area contributed by atoms with E-state index in [1.807, 2.05) is 13.8 Å². The van der Waals surface area contributed by atoms with Crippen LogP contribution in [0.2, 0.25) is 0 Å². The molecule has 0 bridgehead atoms.